The lowest BCUT2D eigenvalue weighted by atomic mass is 10.2. The predicted molar refractivity (Wildman–Crippen MR) is 115 cm³/mol. The molecule has 134 valence electrons. The zero-order valence-corrected chi connectivity index (χ0v) is 18.6. The topological polar surface area (TPSA) is 62.2 Å². The molecule has 0 saturated heterocycles. The van der Waals surface area contributed by atoms with Crippen molar-refractivity contribution in [1.82, 2.24) is 20.6 Å². The van der Waals surface area contributed by atoms with Gasteiger partial charge in [0, 0.05) is 30.8 Å². The van der Waals surface area contributed by atoms with Crippen LogP contribution < -0.4 is 10.6 Å². The molecule has 0 aliphatic carbocycles. The molecule has 0 bridgehead atoms. The first-order chi connectivity index (χ1) is 11.1. The zero-order valence-electron chi connectivity index (χ0n) is 14.6. The molecule has 0 aliphatic rings. The second-order valence-corrected chi connectivity index (χ2v) is 7.39. The Morgan fingerprint density at radius 2 is 1.92 bits per heavy atom. The average molecular weight is 479 g/mol. The van der Waals surface area contributed by atoms with Gasteiger partial charge in [-0.3, -0.25) is 4.99 Å². The van der Waals surface area contributed by atoms with Crippen molar-refractivity contribution in [2.45, 2.75) is 46.1 Å². The van der Waals surface area contributed by atoms with Gasteiger partial charge in [0.15, 0.2) is 5.96 Å². The Kier molecular flexibility index (Phi) is 9.75. The van der Waals surface area contributed by atoms with E-state index in [4.69, 9.17) is 0 Å². The van der Waals surface area contributed by atoms with Crippen LogP contribution in [0.25, 0.3) is 0 Å². The van der Waals surface area contributed by atoms with Crippen LogP contribution in [0.1, 0.15) is 48.1 Å². The lowest BCUT2D eigenvalue weighted by molar-refractivity contribution is 0.772. The molecule has 0 amide bonds. The summed E-state index contributed by atoms with van der Waals surface area (Å²) in [6.45, 7) is 7.98. The first-order valence-electron chi connectivity index (χ1n) is 7.94. The fourth-order valence-corrected chi connectivity index (χ4v) is 3.66. The van der Waals surface area contributed by atoms with Gasteiger partial charge in [-0.2, -0.15) is 0 Å². The smallest absolute Gasteiger partial charge is 0.191 e. The van der Waals surface area contributed by atoms with E-state index in [0.29, 0.717) is 12.5 Å². The summed E-state index contributed by atoms with van der Waals surface area (Å²) < 4.78 is 0. The number of nitrogens with one attached hydrogen (secondary N) is 2. The van der Waals surface area contributed by atoms with Gasteiger partial charge in [0.05, 0.1) is 22.9 Å². The Morgan fingerprint density at radius 1 is 1.17 bits per heavy atom. The lowest BCUT2D eigenvalue weighted by Crippen LogP contribution is -2.37. The van der Waals surface area contributed by atoms with Gasteiger partial charge in [0.25, 0.3) is 0 Å². The normalized spacial score (nSPS) is 11.5. The maximum Gasteiger partial charge on any atom is 0.191 e. The quantitative estimate of drug-likeness (QED) is 0.360. The number of aryl methyl sites for hydroxylation is 1. The van der Waals surface area contributed by atoms with Crippen LogP contribution in [0.4, 0.5) is 0 Å². The van der Waals surface area contributed by atoms with Crippen molar-refractivity contribution >= 4 is 52.6 Å². The Labute approximate surface area is 169 Å². The highest BCUT2D eigenvalue weighted by Gasteiger charge is 2.06. The van der Waals surface area contributed by atoms with E-state index >= 15 is 0 Å². The Morgan fingerprint density at radius 3 is 2.50 bits per heavy atom. The number of thiazole rings is 2. The minimum atomic E-state index is 0. The Balaban J connectivity index is 0.00000288. The zero-order chi connectivity index (χ0) is 16.7. The molecule has 0 unspecified atom stereocenters. The molecule has 0 aliphatic heterocycles. The number of aromatic nitrogens is 2. The van der Waals surface area contributed by atoms with Crippen LogP contribution in [0.2, 0.25) is 0 Å². The summed E-state index contributed by atoms with van der Waals surface area (Å²) in [6, 6.07) is 0. The highest BCUT2D eigenvalue weighted by molar-refractivity contribution is 14.0. The molecular weight excluding hydrogens is 453 g/mol. The maximum absolute atomic E-state index is 4.62. The summed E-state index contributed by atoms with van der Waals surface area (Å²) in [7, 11) is 1.79. The van der Waals surface area contributed by atoms with E-state index in [1.165, 1.54) is 5.01 Å². The molecular formula is C16H26IN5S2. The second-order valence-electron chi connectivity index (χ2n) is 5.51. The number of aliphatic imine (C=N–C) groups is 1. The standard InChI is InChI=1S/C16H25N5S2.HI/c1-5-14-20-12(9-22-14)6-7-18-16(17-4)19-8-15-21-13(10-23-15)11(2)3;/h9-11H,5-8H2,1-4H3,(H2,17,18,19);1H. The average Bonchev–Trinajstić information content (AvgIpc) is 3.19. The number of guanidine groups is 1. The van der Waals surface area contributed by atoms with Crippen LogP contribution in [0, 0.1) is 0 Å². The molecule has 2 aromatic rings. The van der Waals surface area contributed by atoms with Crippen LogP contribution in [0.15, 0.2) is 15.8 Å². The molecule has 24 heavy (non-hydrogen) atoms. The van der Waals surface area contributed by atoms with Gasteiger partial charge >= 0.3 is 0 Å². The van der Waals surface area contributed by atoms with Gasteiger partial charge in [-0.15, -0.1) is 46.7 Å². The third kappa shape index (κ3) is 6.64. The van der Waals surface area contributed by atoms with Gasteiger partial charge < -0.3 is 10.6 Å². The molecule has 0 saturated carbocycles. The molecule has 0 radical (unpaired) electrons. The van der Waals surface area contributed by atoms with E-state index in [0.717, 1.165) is 41.7 Å². The summed E-state index contributed by atoms with van der Waals surface area (Å²) in [5, 5.41) is 13.2. The molecule has 2 rings (SSSR count). The van der Waals surface area contributed by atoms with Gasteiger partial charge in [-0.25, -0.2) is 9.97 Å². The summed E-state index contributed by atoms with van der Waals surface area (Å²) >= 11 is 3.43. The molecule has 0 spiro atoms. The Bertz CT molecular complexity index is 636. The molecule has 8 heteroatoms. The second kappa shape index (κ2) is 11.0. The van der Waals surface area contributed by atoms with E-state index in [1.54, 1.807) is 29.7 Å². The monoisotopic (exact) mass is 479 g/mol. The minimum absolute atomic E-state index is 0. The molecule has 5 nitrogen and oxygen atoms in total. The SMILES string of the molecule is CCc1nc(CCNC(=NC)NCc2nc(C(C)C)cs2)cs1.I. The number of rotatable bonds is 7. The summed E-state index contributed by atoms with van der Waals surface area (Å²) in [5.41, 5.74) is 2.31. The molecule has 2 aromatic heterocycles. The van der Waals surface area contributed by atoms with E-state index in [1.807, 2.05) is 0 Å². The number of hydrogen-bond donors (Lipinski definition) is 2. The molecule has 0 aromatic carbocycles. The maximum atomic E-state index is 4.62. The third-order valence-corrected chi connectivity index (χ3v) is 5.28. The highest BCUT2D eigenvalue weighted by atomic mass is 127. The fourth-order valence-electron chi connectivity index (χ4n) is 1.99. The van der Waals surface area contributed by atoms with Crippen molar-refractivity contribution < 1.29 is 0 Å². The van der Waals surface area contributed by atoms with Gasteiger partial charge in [0.2, 0.25) is 0 Å². The summed E-state index contributed by atoms with van der Waals surface area (Å²) in [5.74, 6) is 1.28. The van der Waals surface area contributed by atoms with E-state index < -0.39 is 0 Å². The third-order valence-electron chi connectivity index (χ3n) is 3.37. The van der Waals surface area contributed by atoms with Crippen molar-refractivity contribution in [3.63, 3.8) is 0 Å². The van der Waals surface area contributed by atoms with Crippen LogP contribution in [-0.2, 0) is 19.4 Å². The molecule has 0 fully saturated rings. The minimum Gasteiger partial charge on any atom is -0.356 e. The van der Waals surface area contributed by atoms with E-state index in [-0.39, 0.29) is 24.0 Å². The van der Waals surface area contributed by atoms with Crippen molar-refractivity contribution in [2.75, 3.05) is 13.6 Å². The van der Waals surface area contributed by atoms with Gasteiger partial charge in [-0.1, -0.05) is 20.8 Å². The molecule has 2 heterocycles. The van der Waals surface area contributed by atoms with Gasteiger partial charge in [0.1, 0.15) is 5.01 Å². The lowest BCUT2D eigenvalue weighted by Gasteiger charge is -2.10. The number of halogens is 1. The van der Waals surface area contributed by atoms with Crippen LogP contribution in [0.3, 0.4) is 0 Å². The Hall–Kier alpha value is -0.740. The summed E-state index contributed by atoms with van der Waals surface area (Å²) in [4.78, 5) is 13.4. The fraction of sp³-hybridized carbons (Fsp3) is 0.562. The van der Waals surface area contributed by atoms with E-state index in [9.17, 15) is 0 Å². The van der Waals surface area contributed by atoms with Crippen LogP contribution >= 0.6 is 46.7 Å². The largest absolute Gasteiger partial charge is 0.356 e. The van der Waals surface area contributed by atoms with Gasteiger partial charge in [-0.05, 0) is 12.3 Å². The summed E-state index contributed by atoms with van der Waals surface area (Å²) in [6.07, 6.45) is 1.92. The van der Waals surface area contributed by atoms with Crippen molar-refractivity contribution in [2.24, 2.45) is 4.99 Å². The van der Waals surface area contributed by atoms with Crippen molar-refractivity contribution in [1.29, 1.82) is 0 Å². The van der Waals surface area contributed by atoms with E-state index in [2.05, 4.69) is 57.1 Å². The predicted octanol–water partition coefficient (Wildman–Crippen LogP) is 3.81. The van der Waals surface area contributed by atoms with Crippen LogP contribution in [-0.4, -0.2) is 29.5 Å². The number of nitrogens with zero attached hydrogens (tertiary/aromatic N) is 3. The van der Waals surface area contributed by atoms with Crippen molar-refractivity contribution in [3.05, 3.63) is 32.2 Å². The van der Waals surface area contributed by atoms with Crippen LogP contribution in [0.5, 0.6) is 0 Å². The molecule has 2 N–H and O–H groups in total. The first-order valence-corrected chi connectivity index (χ1v) is 9.70. The van der Waals surface area contributed by atoms with Crippen molar-refractivity contribution in [3.8, 4) is 0 Å². The number of hydrogen-bond acceptors (Lipinski definition) is 5. The first kappa shape index (κ1) is 21.3. The molecule has 0 atom stereocenters. The highest BCUT2D eigenvalue weighted by Crippen LogP contribution is 2.17.